The Morgan fingerprint density at radius 2 is 2.44 bits per heavy atom. The number of oxazole rings is 1. The number of ether oxygens (including phenoxy) is 1. The molecule has 0 amide bonds. The van der Waals surface area contributed by atoms with Gasteiger partial charge in [-0.3, -0.25) is 0 Å². The van der Waals surface area contributed by atoms with Gasteiger partial charge in [-0.25, -0.2) is 4.98 Å². The summed E-state index contributed by atoms with van der Waals surface area (Å²) in [5, 5.41) is 3.34. The molecule has 0 atom stereocenters. The van der Waals surface area contributed by atoms with E-state index >= 15 is 0 Å². The highest BCUT2D eigenvalue weighted by atomic mass is 16.5. The lowest BCUT2D eigenvalue weighted by atomic mass is 10.0. The Bertz CT molecular complexity index is 573. The van der Waals surface area contributed by atoms with Crippen molar-refractivity contribution in [1.82, 2.24) is 4.98 Å². The van der Waals surface area contributed by atoms with Crippen LogP contribution in [0.4, 0.5) is 5.69 Å². The first-order valence-electron chi connectivity index (χ1n) is 5.96. The molecular formula is C14H14N2O2. The zero-order valence-corrected chi connectivity index (χ0v) is 10.1. The second-order valence-electron chi connectivity index (χ2n) is 4.08. The van der Waals surface area contributed by atoms with Gasteiger partial charge in [0.15, 0.2) is 12.2 Å². The summed E-state index contributed by atoms with van der Waals surface area (Å²) < 4.78 is 10.7. The van der Waals surface area contributed by atoms with E-state index in [1.54, 1.807) is 6.20 Å². The third-order valence-corrected chi connectivity index (χ3v) is 2.94. The summed E-state index contributed by atoms with van der Waals surface area (Å²) in [7, 11) is 0. The molecule has 3 rings (SSSR count). The topological polar surface area (TPSA) is 47.3 Å². The van der Waals surface area contributed by atoms with Crippen LogP contribution >= 0.6 is 0 Å². The largest absolute Gasteiger partial charge is 0.501 e. The zero-order valence-electron chi connectivity index (χ0n) is 10.1. The Kier molecular flexibility index (Phi) is 2.76. The van der Waals surface area contributed by atoms with Crippen molar-refractivity contribution in [2.45, 2.75) is 6.92 Å². The molecule has 1 aromatic carbocycles. The molecule has 0 unspecified atom stereocenters. The van der Waals surface area contributed by atoms with Crippen LogP contribution in [0.15, 0.2) is 41.5 Å². The van der Waals surface area contributed by atoms with Crippen LogP contribution in [-0.4, -0.2) is 18.1 Å². The number of fused-ring (bicyclic) bond motifs is 1. The molecule has 2 aromatic rings. The van der Waals surface area contributed by atoms with Crippen LogP contribution < -0.4 is 5.32 Å². The monoisotopic (exact) mass is 242 g/mol. The molecule has 1 aliphatic heterocycles. The Balaban J connectivity index is 1.99. The predicted molar refractivity (Wildman–Crippen MR) is 70.0 cm³/mol. The first-order valence-corrected chi connectivity index (χ1v) is 5.96. The molecule has 1 N–H and O–H groups in total. The zero-order chi connectivity index (χ0) is 12.4. The SMILES string of the molecule is CCOC=C1CNc2ccc(-c3cnco3)cc21. The van der Waals surface area contributed by atoms with Crippen LogP contribution in [0.5, 0.6) is 0 Å². The fourth-order valence-electron chi connectivity index (χ4n) is 2.05. The van der Waals surface area contributed by atoms with E-state index in [0.29, 0.717) is 6.61 Å². The predicted octanol–water partition coefficient (Wildman–Crippen LogP) is 3.14. The molecule has 18 heavy (non-hydrogen) atoms. The Hall–Kier alpha value is -2.23. The normalized spacial score (nSPS) is 15.5. The van der Waals surface area contributed by atoms with E-state index in [1.807, 2.05) is 19.3 Å². The van der Waals surface area contributed by atoms with Gasteiger partial charge in [-0.2, -0.15) is 0 Å². The first kappa shape index (κ1) is 10.9. The van der Waals surface area contributed by atoms with E-state index in [0.717, 1.165) is 34.7 Å². The van der Waals surface area contributed by atoms with E-state index in [-0.39, 0.29) is 0 Å². The van der Waals surface area contributed by atoms with Gasteiger partial charge >= 0.3 is 0 Å². The minimum Gasteiger partial charge on any atom is -0.501 e. The summed E-state index contributed by atoms with van der Waals surface area (Å²) in [5.41, 5.74) is 4.48. The minimum absolute atomic E-state index is 0.681. The third kappa shape index (κ3) is 1.86. The van der Waals surface area contributed by atoms with E-state index < -0.39 is 0 Å². The molecular weight excluding hydrogens is 228 g/mol. The molecule has 0 fully saturated rings. The van der Waals surface area contributed by atoms with Crippen molar-refractivity contribution in [1.29, 1.82) is 0 Å². The maximum atomic E-state index is 5.37. The van der Waals surface area contributed by atoms with Gasteiger partial charge in [0, 0.05) is 28.9 Å². The minimum atomic E-state index is 0.681. The fraction of sp³-hybridized carbons (Fsp3) is 0.214. The van der Waals surface area contributed by atoms with Crippen LogP contribution in [0.1, 0.15) is 12.5 Å². The van der Waals surface area contributed by atoms with Crippen molar-refractivity contribution in [2.24, 2.45) is 0 Å². The number of benzene rings is 1. The molecule has 2 heterocycles. The molecule has 0 saturated heterocycles. The van der Waals surface area contributed by atoms with E-state index in [2.05, 4.69) is 22.4 Å². The molecule has 1 aliphatic rings. The Labute approximate surface area is 105 Å². The number of nitrogens with zero attached hydrogens (tertiary/aromatic N) is 1. The van der Waals surface area contributed by atoms with Crippen molar-refractivity contribution in [3.05, 3.63) is 42.6 Å². The van der Waals surface area contributed by atoms with Gasteiger partial charge in [0.1, 0.15) is 0 Å². The van der Waals surface area contributed by atoms with Gasteiger partial charge in [0.05, 0.1) is 19.1 Å². The molecule has 4 heteroatoms. The van der Waals surface area contributed by atoms with E-state index in [4.69, 9.17) is 9.15 Å². The quantitative estimate of drug-likeness (QED) is 0.840. The standard InChI is InChI=1S/C14H14N2O2/c1-2-17-8-11-6-16-13-4-3-10(5-12(11)13)14-7-15-9-18-14/h3-5,7-9,16H,2,6H2,1H3. The smallest absolute Gasteiger partial charge is 0.181 e. The molecule has 0 saturated carbocycles. The number of aromatic nitrogens is 1. The summed E-state index contributed by atoms with van der Waals surface area (Å²) in [6.07, 6.45) is 4.98. The van der Waals surface area contributed by atoms with Crippen molar-refractivity contribution in [2.75, 3.05) is 18.5 Å². The van der Waals surface area contributed by atoms with Crippen LogP contribution in [-0.2, 0) is 4.74 Å². The summed E-state index contributed by atoms with van der Waals surface area (Å²) in [6.45, 7) is 3.46. The van der Waals surface area contributed by atoms with Gasteiger partial charge < -0.3 is 14.5 Å². The summed E-state index contributed by atoms with van der Waals surface area (Å²) in [4.78, 5) is 3.94. The van der Waals surface area contributed by atoms with Gasteiger partial charge in [-0.05, 0) is 25.1 Å². The van der Waals surface area contributed by atoms with E-state index in [9.17, 15) is 0 Å². The van der Waals surface area contributed by atoms with Crippen molar-refractivity contribution in [3.63, 3.8) is 0 Å². The average Bonchev–Trinajstić information content (AvgIpc) is 3.05. The second-order valence-corrected chi connectivity index (χ2v) is 4.08. The highest BCUT2D eigenvalue weighted by Gasteiger charge is 2.17. The Morgan fingerprint density at radius 3 is 3.22 bits per heavy atom. The third-order valence-electron chi connectivity index (χ3n) is 2.94. The van der Waals surface area contributed by atoms with Gasteiger partial charge in [0.25, 0.3) is 0 Å². The highest BCUT2D eigenvalue weighted by molar-refractivity contribution is 5.86. The maximum absolute atomic E-state index is 5.37. The van der Waals surface area contributed by atoms with Crippen molar-refractivity contribution >= 4 is 11.3 Å². The van der Waals surface area contributed by atoms with Crippen molar-refractivity contribution in [3.8, 4) is 11.3 Å². The molecule has 92 valence electrons. The molecule has 0 radical (unpaired) electrons. The maximum Gasteiger partial charge on any atom is 0.181 e. The average molecular weight is 242 g/mol. The molecule has 0 spiro atoms. The van der Waals surface area contributed by atoms with Crippen LogP contribution in [0.3, 0.4) is 0 Å². The molecule has 1 aromatic heterocycles. The molecule has 0 aliphatic carbocycles. The van der Waals surface area contributed by atoms with Gasteiger partial charge in [0.2, 0.25) is 0 Å². The first-order chi connectivity index (χ1) is 8.88. The van der Waals surface area contributed by atoms with Gasteiger partial charge in [-0.1, -0.05) is 0 Å². The summed E-state index contributed by atoms with van der Waals surface area (Å²) in [5.74, 6) is 0.778. The number of hydrogen-bond donors (Lipinski definition) is 1. The van der Waals surface area contributed by atoms with Crippen LogP contribution in [0.2, 0.25) is 0 Å². The number of anilines is 1. The Morgan fingerprint density at radius 1 is 1.50 bits per heavy atom. The van der Waals surface area contributed by atoms with Crippen LogP contribution in [0.25, 0.3) is 16.9 Å². The van der Waals surface area contributed by atoms with Crippen molar-refractivity contribution < 1.29 is 9.15 Å². The highest BCUT2D eigenvalue weighted by Crippen LogP contribution is 2.34. The lowest BCUT2D eigenvalue weighted by Gasteiger charge is -2.03. The second kappa shape index (κ2) is 4.56. The molecule has 0 bridgehead atoms. The van der Waals surface area contributed by atoms with E-state index in [1.165, 1.54) is 6.39 Å². The number of rotatable bonds is 3. The fourth-order valence-corrected chi connectivity index (χ4v) is 2.05. The lowest BCUT2D eigenvalue weighted by molar-refractivity contribution is 0.270. The summed E-state index contributed by atoms with van der Waals surface area (Å²) >= 11 is 0. The lowest BCUT2D eigenvalue weighted by Crippen LogP contribution is -1.92. The summed E-state index contributed by atoms with van der Waals surface area (Å²) in [6, 6.07) is 6.18. The molecule has 4 nitrogen and oxygen atoms in total. The number of hydrogen-bond acceptors (Lipinski definition) is 4. The van der Waals surface area contributed by atoms with Gasteiger partial charge in [-0.15, -0.1) is 0 Å². The van der Waals surface area contributed by atoms with Crippen LogP contribution in [0, 0.1) is 0 Å². The number of nitrogens with one attached hydrogen (secondary N) is 1.